The molecule has 0 spiro atoms. The smallest absolute Gasteiger partial charge is 0.296 e. The molecule has 0 aliphatic carbocycles. The molecule has 0 fully saturated rings. The Morgan fingerprint density at radius 2 is 1.96 bits per heavy atom. The quantitative estimate of drug-likeness (QED) is 0.829. The molecule has 150 valence electrons. The number of benzene rings is 1. The van der Waals surface area contributed by atoms with Crippen molar-refractivity contribution in [2.24, 2.45) is 0 Å². The summed E-state index contributed by atoms with van der Waals surface area (Å²) < 4.78 is 14.5. The van der Waals surface area contributed by atoms with Crippen molar-refractivity contribution >= 4 is 5.91 Å². The minimum atomic E-state index is -0.519. The third-order valence-corrected chi connectivity index (χ3v) is 5.33. The Hall–Kier alpha value is -2.74. The van der Waals surface area contributed by atoms with Crippen LogP contribution >= 0.6 is 0 Å². The first-order chi connectivity index (χ1) is 13.2. The van der Waals surface area contributed by atoms with Gasteiger partial charge in [-0.15, -0.1) is 0 Å². The molecule has 2 aromatic rings. The van der Waals surface area contributed by atoms with E-state index in [0.717, 1.165) is 18.5 Å². The number of hydrogen-bond donors (Lipinski definition) is 2. The zero-order chi connectivity index (χ0) is 20.5. The number of carbonyl (C=O) groups excluding carboxylic acids is 1. The summed E-state index contributed by atoms with van der Waals surface area (Å²) in [5, 5.41) is 13.0. The van der Waals surface area contributed by atoms with Crippen LogP contribution in [0.25, 0.3) is 0 Å². The molecule has 7 nitrogen and oxygen atoms in total. The number of hydrogen-bond acceptors (Lipinski definition) is 5. The average molecular weight is 388 g/mol. The molecular weight excluding hydrogens is 363 g/mol. The van der Waals surface area contributed by atoms with Crippen LogP contribution in [0.2, 0.25) is 0 Å². The van der Waals surface area contributed by atoms with Gasteiger partial charge in [-0.05, 0) is 45.0 Å². The maximum absolute atomic E-state index is 13.0. The molecule has 0 saturated carbocycles. The standard InChI is InChI=1S/C20H25FN4O3/c1-20(2)19-23-15(17(27)18(28)25(19)10-4-9-24(20)3)11-16(26)22-12-13-5-7-14(21)8-6-13/h5-8,27H,4,9-12H2,1-3H3,(H,22,26). The van der Waals surface area contributed by atoms with Crippen molar-refractivity contribution in [3.8, 4) is 5.75 Å². The van der Waals surface area contributed by atoms with E-state index in [1.54, 1.807) is 12.1 Å². The molecule has 2 heterocycles. The van der Waals surface area contributed by atoms with Gasteiger partial charge in [0.05, 0.1) is 17.7 Å². The Balaban J connectivity index is 1.82. The first-order valence-electron chi connectivity index (χ1n) is 9.25. The number of aromatic hydroxyl groups is 1. The third kappa shape index (κ3) is 3.91. The van der Waals surface area contributed by atoms with E-state index in [-0.39, 0.29) is 30.4 Å². The van der Waals surface area contributed by atoms with Gasteiger partial charge in [0.1, 0.15) is 11.6 Å². The number of carbonyl (C=O) groups is 1. The molecule has 0 atom stereocenters. The van der Waals surface area contributed by atoms with E-state index in [4.69, 9.17) is 0 Å². The lowest BCUT2D eigenvalue weighted by Gasteiger charge is -2.33. The maximum atomic E-state index is 13.0. The molecule has 8 heteroatoms. The van der Waals surface area contributed by atoms with Crippen LogP contribution in [0, 0.1) is 5.82 Å². The molecule has 1 amide bonds. The normalized spacial score (nSPS) is 16.3. The van der Waals surface area contributed by atoms with Gasteiger partial charge in [0.2, 0.25) is 11.7 Å². The highest BCUT2D eigenvalue weighted by molar-refractivity contribution is 5.78. The largest absolute Gasteiger partial charge is 0.502 e. The van der Waals surface area contributed by atoms with E-state index in [1.165, 1.54) is 16.7 Å². The molecular formula is C20H25FN4O3. The Bertz CT molecular complexity index is 938. The van der Waals surface area contributed by atoms with E-state index in [1.807, 2.05) is 20.9 Å². The fourth-order valence-corrected chi connectivity index (χ4v) is 3.32. The van der Waals surface area contributed by atoms with Gasteiger partial charge in [0.15, 0.2) is 0 Å². The van der Waals surface area contributed by atoms with E-state index in [9.17, 15) is 19.1 Å². The molecule has 1 aliphatic heterocycles. The van der Waals surface area contributed by atoms with Crippen molar-refractivity contribution in [1.82, 2.24) is 19.8 Å². The molecule has 0 radical (unpaired) electrons. The van der Waals surface area contributed by atoms with Gasteiger partial charge in [-0.1, -0.05) is 12.1 Å². The molecule has 1 aromatic carbocycles. The second-order valence-corrected chi connectivity index (χ2v) is 7.60. The number of rotatable bonds is 4. The van der Waals surface area contributed by atoms with E-state index < -0.39 is 16.8 Å². The topological polar surface area (TPSA) is 87.5 Å². The van der Waals surface area contributed by atoms with E-state index in [0.29, 0.717) is 12.4 Å². The zero-order valence-electron chi connectivity index (χ0n) is 16.3. The minimum Gasteiger partial charge on any atom is -0.502 e. The molecule has 28 heavy (non-hydrogen) atoms. The number of amides is 1. The van der Waals surface area contributed by atoms with Crippen molar-refractivity contribution in [3.05, 3.63) is 57.5 Å². The summed E-state index contributed by atoms with van der Waals surface area (Å²) >= 11 is 0. The molecule has 1 aliphatic rings. The zero-order valence-corrected chi connectivity index (χ0v) is 16.3. The van der Waals surface area contributed by atoms with Gasteiger partial charge in [0.25, 0.3) is 5.56 Å². The van der Waals surface area contributed by atoms with Gasteiger partial charge >= 0.3 is 0 Å². The SMILES string of the molecule is CN1CCCn2c(nc(CC(=O)NCc3ccc(F)cc3)c(O)c2=O)C1(C)C. The molecule has 0 unspecified atom stereocenters. The minimum absolute atomic E-state index is 0.0660. The Labute approximate surface area is 162 Å². The van der Waals surface area contributed by atoms with Crippen molar-refractivity contribution in [3.63, 3.8) is 0 Å². The maximum Gasteiger partial charge on any atom is 0.296 e. The fraction of sp³-hybridized carbons (Fsp3) is 0.450. The Morgan fingerprint density at radius 3 is 2.64 bits per heavy atom. The lowest BCUT2D eigenvalue weighted by atomic mass is 10.0. The highest BCUT2D eigenvalue weighted by Crippen LogP contribution is 2.28. The Morgan fingerprint density at radius 1 is 1.29 bits per heavy atom. The third-order valence-electron chi connectivity index (χ3n) is 5.33. The molecule has 0 bridgehead atoms. The van der Waals surface area contributed by atoms with Gasteiger partial charge in [-0.25, -0.2) is 9.37 Å². The first kappa shape index (κ1) is 20.0. The number of aromatic nitrogens is 2. The first-order valence-corrected chi connectivity index (χ1v) is 9.25. The van der Waals surface area contributed by atoms with Crippen LogP contribution < -0.4 is 10.9 Å². The number of halogens is 1. The van der Waals surface area contributed by atoms with Crippen molar-refractivity contribution in [2.75, 3.05) is 13.6 Å². The second-order valence-electron chi connectivity index (χ2n) is 7.60. The summed E-state index contributed by atoms with van der Waals surface area (Å²) in [5.74, 6) is -0.670. The van der Waals surface area contributed by atoms with Crippen molar-refractivity contribution < 1.29 is 14.3 Å². The van der Waals surface area contributed by atoms with Crippen molar-refractivity contribution in [2.45, 2.75) is 45.3 Å². The van der Waals surface area contributed by atoms with Gasteiger partial charge in [0, 0.05) is 19.6 Å². The summed E-state index contributed by atoms with van der Waals surface area (Å²) in [5.41, 5.74) is -0.217. The van der Waals surface area contributed by atoms with Gasteiger partial charge in [-0.3, -0.25) is 19.1 Å². The lowest BCUT2D eigenvalue weighted by Crippen LogP contribution is -2.42. The summed E-state index contributed by atoms with van der Waals surface area (Å²) in [4.78, 5) is 31.6. The highest BCUT2D eigenvalue weighted by atomic mass is 19.1. The van der Waals surface area contributed by atoms with Crippen molar-refractivity contribution in [1.29, 1.82) is 0 Å². The summed E-state index contributed by atoms with van der Waals surface area (Å²) in [7, 11) is 1.96. The van der Waals surface area contributed by atoms with Crippen LogP contribution in [-0.2, 0) is 29.8 Å². The van der Waals surface area contributed by atoms with Gasteiger partial charge in [-0.2, -0.15) is 0 Å². The van der Waals surface area contributed by atoms with E-state index >= 15 is 0 Å². The van der Waals surface area contributed by atoms with Crippen LogP contribution in [0.15, 0.2) is 29.1 Å². The number of fused-ring (bicyclic) bond motifs is 1. The van der Waals surface area contributed by atoms with Crippen LogP contribution in [0.1, 0.15) is 37.4 Å². The predicted molar refractivity (Wildman–Crippen MR) is 102 cm³/mol. The monoisotopic (exact) mass is 388 g/mol. The van der Waals surface area contributed by atoms with Gasteiger partial charge < -0.3 is 10.4 Å². The predicted octanol–water partition coefficient (Wildman–Crippen LogP) is 1.52. The second kappa shape index (κ2) is 7.71. The van der Waals surface area contributed by atoms with Crippen LogP contribution in [-0.4, -0.2) is 39.1 Å². The fourth-order valence-electron chi connectivity index (χ4n) is 3.32. The van der Waals surface area contributed by atoms with E-state index in [2.05, 4.69) is 15.2 Å². The number of nitrogens with zero attached hydrogens (tertiary/aromatic N) is 3. The summed E-state index contributed by atoms with van der Waals surface area (Å²) in [6, 6.07) is 5.80. The van der Waals surface area contributed by atoms with Crippen LogP contribution in [0.3, 0.4) is 0 Å². The highest BCUT2D eigenvalue weighted by Gasteiger charge is 2.34. The molecule has 2 N–H and O–H groups in total. The lowest BCUT2D eigenvalue weighted by molar-refractivity contribution is -0.120. The molecule has 1 aromatic heterocycles. The molecule has 0 saturated heterocycles. The average Bonchev–Trinajstić information content (AvgIpc) is 2.76. The van der Waals surface area contributed by atoms with Crippen LogP contribution in [0.5, 0.6) is 5.75 Å². The summed E-state index contributed by atoms with van der Waals surface area (Å²) in [6.07, 6.45) is 0.557. The molecule has 3 rings (SSSR count). The van der Waals surface area contributed by atoms with Crippen LogP contribution in [0.4, 0.5) is 4.39 Å². The number of nitrogens with one attached hydrogen (secondary N) is 1. The Kier molecular flexibility index (Phi) is 5.51. The summed E-state index contributed by atoms with van der Waals surface area (Å²) in [6.45, 7) is 5.42.